The van der Waals surface area contributed by atoms with Crippen LogP contribution in [0.2, 0.25) is 10.0 Å². The molecule has 4 nitrogen and oxygen atoms in total. The Morgan fingerprint density at radius 2 is 1.45 bits per heavy atom. The number of benzene rings is 2. The molecule has 6 heteroatoms. The molecular formula is C14H10Cl2N2O2. The number of nitrogens with one attached hydrogen (secondary N) is 2. The highest BCUT2D eigenvalue weighted by molar-refractivity contribution is 6.35. The molecule has 0 saturated heterocycles. The van der Waals surface area contributed by atoms with E-state index in [1.54, 1.807) is 42.5 Å². The number of halogens is 2. The van der Waals surface area contributed by atoms with Gasteiger partial charge < -0.3 is 10.6 Å². The van der Waals surface area contributed by atoms with E-state index < -0.39 is 6.03 Å². The molecule has 0 atom stereocenters. The Bertz CT molecular complexity index is 622. The summed E-state index contributed by atoms with van der Waals surface area (Å²) in [5.41, 5.74) is 1.60. The minimum Gasteiger partial charge on any atom is -0.308 e. The first-order valence-corrected chi connectivity index (χ1v) is 6.42. The Labute approximate surface area is 125 Å². The highest BCUT2D eigenvalue weighted by atomic mass is 35.5. The van der Waals surface area contributed by atoms with Crippen molar-refractivity contribution in [1.29, 1.82) is 0 Å². The Hall–Kier alpha value is -2.04. The molecule has 0 spiro atoms. The molecule has 0 aliphatic rings. The monoisotopic (exact) mass is 308 g/mol. The second-order valence-corrected chi connectivity index (χ2v) is 4.85. The number of anilines is 2. The molecule has 20 heavy (non-hydrogen) atoms. The lowest BCUT2D eigenvalue weighted by atomic mass is 10.2. The van der Waals surface area contributed by atoms with Crippen LogP contribution < -0.4 is 10.6 Å². The van der Waals surface area contributed by atoms with E-state index in [1.165, 1.54) is 0 Å². The van der Waals surface area contributed by atoms with Gasteiger partial charge in [0, 0.05) is 27.0 Å². The van der Waals surface area contributed by atoms with Crippen LogP contribution >= 0.6 is 23.2 Å². The number of rotatable bonds is 3. The summed E-state index contributed by atoms with van der Waals surface area (Å²) in [4.78, 5) is 22.3. The van der Waals surface area contributed by atoms with E-state index >= 15 is 0 Å². The maximum absolute atomic E-state index is 11.8. The van der Waals surface area contributed by atoms with Crippen LogP contribution in [0.4, 0.5) is 16.2 Å². The van der Waals surface area contributed by atoms with E-state index in [-0.39, 0.29) is 0 Å². The van der Waals surface area contributed by atoms with Gasteiger partial charge in [0.25, 0.3) is 0 Å². The predicted molar refractivity (Wildman–Crippen MR) is 80.9 cm³/mol. The summed E-state index contributed by atoms with van der Waals surface area (Å²) in [7, 11) is 0. The molecule has 0 saturated carbocycles. The van der Waals surface area contributed by atoms with Crippen molar-refractivity contribution in [1.82, 2.24) is 0 Å². The van der Waals surface area contributed by atoms with Gasteiger partial charge in [-0.05, 0) is 42.5 Å². The van der Waals surface area contributed by atoms with E-state index in [2.05, 4.69) is 10.6 Å². The quantitative estimate of drug-likeness (QED) is 0.823. The zero-order valence-corrected chi connectivity index (χ0v) is 11.7. The van der Waals surface area contributed by atoms with E-state index in [0.29, 0.717) is 27.0 Å². The average Bonchev–Trinajstić information content (AvgIpc) is 2.38. The normalized spacial score (nSPS) is 9.90. The standard InChI is InChI=1S/C14H10Cl2N2O2/c15-10-5-11(16)7-13(6-10)18-14(20)17-12-3-1-9(8-19)2-4-12/h1-8H,(H2,17,18,20). The second-order valence-electron chi connectivity index (χ2n) is 3.98. The third-order valence-corrected chi connectivity index (χ3v) is 2.86. The molecule has 0 aliphatic carbocycles. The van der Waals surface area contributed by atoms with Gasteiger partial charge in [-0.3, -0.25) is 4.79 Å². The number of carbonyl (C=O) groups is 2. The number of amides is 2. The maximum Gasteiger partial charge on any atom is 0.323 e. The minimum atomic E-state index is -0.429. The van der Waals surface area contributed by atoms with Crippen molar-refractivity contribution in [2.75, 3.05) is 10.6 Å². The summed E-state index contributed by atoms with van der Waals surface area (Å²) >= 11 is 11.7. The van der Waals surface area contributed by atoms with Crippen molar-refractivity contribution in [3.05, 3.63) is 58.1 Å². The SMILES string of the molecule is O=Cc1ccc(NC(=O)Nc2cc(Cl)cc(Cl)c2)cc1. The fraction of sp³-hybridized carbons (Fsp3) is 0. The van der Waals surface area contributed by atoms with Crippen molar-refractivity contribution in [3.8, 4) is 0 Å². The van der Waals surface area contributed by atoms with Gasteiger partial charge in [0.1, 0.15) is 6.29 Å². The molecule has 0 fully saturated rings. The van der Waals surface area contributed by atoms with E-state index in [0.717, 1.165) is 6.29 Å². The molecule has 0 aromatic heterocycles. The van der Waals surface area contributed by atoms with Crippen molar-refractivity contribution < 1.29 is 9.59 Å². The Morgan fingerprint density at radius 1 is 0.900 bits per heavy atom. The van der Waals surface area contributed by atoms with Crippen LogP contribution in [0, 0.1) is 0 Å². The highest BCUT2D eigenvalue weighted by Crippen LogP contribution is 2.22. The molecule has 2 rings (SSSR count). The van der Waals surface area contributed by atoms with E-state index in [1.807, 2.05) is 0 Å². The summed E-state index contributed by atoms with van der Waals surface area (Å²) in [5.74, 6) is 0. The molecule has 2 amide bonds. The van der Waals surface area contributed by atoms with Gasteiger partial charge in [0.05, 0.1) is 0 Å². The number of urea groups is 1. The van der Waals surface area contributed by atoms with Crippen LogP contribution in [0.5, 0.6) is 0 Å². The lowest BCUT2D eigenvalue weighted by molar-refractivity contribution is 0.112. The molecule has 102 valence electrons. The Balaban J connectivity index is 2.02. The Morgan fingerprint density at radius 3 is 2.00 bits per heavy atom. The fourth-order valence-electron chi connectivity index (χ4n) is 1.56. The molecule has 0 bridgehead atoms. The van der Waals surface area contributed by atoms with Crippen LogP contribution in [0.1, 0.15) is 10.4 Å². The van der Waals surface area contributed by atoms with Crippen LogP contribution in [-0.2, 0) is 0 Å². The van der Waals surface area contributed by atoms with Crippen molar-refractivity contribution in [2.45, 2.75) is 0 Å². The third-order valence-electron chi connectivity index (χ3n) is 2.43. The van der Waals surface area contributed by atoms with Crippen LogP contribution in [-0.4, -0.2) is 12.3 Å². The van der Waals surface area contributed by atoms with Gasteiger partial charge in [0.2, 0.25) is 0 Å². The lowest BCUT2D eigenvalue weighted by Gasteiger charge is -2.08. The molecule has 0 radical (unpaired) electrons. The molecule has 2 aromatic carbocycles. The molecule has 2 N–H and O–H groups in total. The molecule has 2 aromatic rings. The van der Waals surface area contributed by atoms with Crippen LogP contribution in [0.15, 0.2) is 42.5 Å². The van der Waals surface area contributed by atoms with Gasteiger partial charge in [-0.25, -0.2) is 4.79 Å². The van der Waals surface area contributed by atoms with Crippen molar-refractivity contribution >= 4 is 46.9 Å². The van der Waals surface area contributed by atoms with Gasteiger partial charge in [-0.1, -0.05) is 23.2 Å². The number of hydrogen-bond acceptors (Lipinski definition) is 2. The number of carbonyl (C=O) groups excluding carboxylic acids is 2. The summed E-state index contributed by atoms with van der Waals surface area (Å²) in [6.07, 6.45) is 0.734. The van der Waals surface area contributed by atoms with Gasteiger partial charge in [-0.2, -0.15) is 0 Å². The molecule has 0 unspecified atom stereocenters. The molecular weight excluding hydrogens is 299 g/mol. The lowest BCUT2D eigenvalue weighted by Crippen LogP contribution is -2.19. The smallest absolute Gasteiger partial charge is 0.308 e. The minimum absolute atomic E-state index is 0.429. The third kappa shape index (κ3) is 3.98. The number of aldehydes is 1. The highest BCUT2D eigenvalue weighted by Gasteiger charge is 2.04. The zero-order valence-electron chi connectivity index (χ0n) is 10.2. The predicted octanol–water partition coefficient (Wildman–Crippen LogP) is 4.45. The second kappa shape index (κ2) is 6.41. The summed E-state index contributed by atoms with van der Waals surface area (Å²) in [6, 6.07) is 10.8. The van der Waals surface area contributed by atoms with Crippen LogP contribution in [0.25, 0.3) is 0 Å². The van der Waals surface area contributed by atoms with Gasteiger partial charge in [-0.15, -0.1) is 0 Å². The topological polar surface area (TPSA) is 58.2 Å². The van der Waals surface area contributed by atoms with Gasteiger partial charge in [0.15, 0.2) is 0 Å². The summed E-state index contributed by atoms with van der Waals surface area (Å²) in [6.45, 7) is 0. The first-order valence-electron chi connectivity index (χ1n) is 5.66. The van der Waals surface area contributed by atoms with E-state index in [9.17, 15) is 9.59 Å². The Kier molecular flexibility index (Phi) is 4.61. The summed E-state index contributed by atoms with van der Waals surface area (Å²) in [5, 5.41) is 6.11. The van der Waals surface area contributed by atoms with Crippen LogP contribution in [0.3, 0.4) is 0 Å². The first-order chi connectivity index (χ1) is 9.56. The van der Waals surface area contributed by atoms with E-state index in [4.69, 9.17) is 23.2 Å². The maximum atomic E-state index is 11.8. The fourth-order valence-corrected chi connectivity index (χ4v) is 2.09. The van der Waals surface area contributed by atoms with Crippen molar-refractivity contribution in [3.63, 3.8) is 0 Å². The molecule has 0 aliphatic heterocycles. The zero-order chi connectivity index (χ0) is 14.5. The average molecular weight is 309 g/mol. The van der Waals surface area contributed by atoms with Gasteiger partial charge >= 0.3 is 6.03 Å². The largest absolute Gasteiger partial charge is 0.323 e. The first kappa shape index (κ1) is 14.4. The van der Waals surface area contributed by atoms with Crippen molar-refractivity contribution in [2.24, 2.45) is 0 Å². The summed E-state index contributed by atoms with van der Waals surface area (Å²) < 4.78 is 0. The molecule has 0 heterocycles. The number of hydrogen-bond donors (Lipinski definition) is 2.